The Hall–Kier alpha value is -2.38. The van der Waals surface area contributed by atoms with Crippen LogP contribution in [-0.4, -0.2) is 70.0 Å². The van der Waals surface area contributed by atoms with E-state index in [1.807, 2.05) is 20.8 Å². The third-order valence-corrected chi connectivity index (χ3v) is 4.49. The second-order valence-corrected chi connectivity index (χ2v) is 7.38. The summed E-state index contributed by atoms with van der Waals surface area (Å²) in [6.45, 7) is 8.45. The van der Waals surface area contributed by atoms with E-state index in [-0.39, 0.29) is 29.7 Å². The molecule has 1 unspecified atom stereocenters. The van der Waals surface area contributed by atoms with Crippen LogP contribution in [0.1, 0.15) is 43.9 Å². The lowest BCUT2D eigenvalue weighted by Crippen LogP contribution is -2.61. The van der Waals surface area contributed by atoms with Crippen molar-refractivity contribution < 1.29 is 14.4 Å². The Morgan fingerprint density at radius 2 is 1.88 bits per heavy atom. The third kappa shape index (κ3) is 3.83. The minimum absolute atomic E-state index is 0.158. The third-order valence-electron chi connectivity index (χ3n) is 4.49. The molecule has 1 aromatic heterocycles. The van der Waals surface area contributed by atoms with Gasteiger partial charge < -0.3 is 15.1 Å². The van der Waals surface area contributed by atoms with Crippen molar-refractivity contribution in [3.63, 3.8) is 0 Å². The number of hydrogen-bond donors (Lipinski definition) is 1. The molecule has 3 amide bonds. The van der Waals surface area contributed by atoms with Crippen LogP contribution in [0.5, 0.6) is 0 Å². The van der Waals surface area contributed by atoms with E-state index in [9.17, 15) is 14.4 Å². The van der Waals surface area contributed by atoms with Gasteiger partial charge in [0.15, 0.2) is 0 Å². The zero-order chi connectivity index (χ0) is 18.9. The summed E-state index contributed by atoms with van der Waals surface area (Å²) in [7, 11) is 3.27. The number of amides is 3. The molecule has 1 aromatic rings. The maximum absolute atomic E-state index is 12.9. The van der Waals surface area contributed by atoms with E-state index >= 15 is 0 Å². The first-order chi connectivity index (χ1) is 11.6. The first-order valence-electron chi connectivity index (χ1n) is 8.39. The van der Waals surface area contributed by atoms with Crippen LogP contribution in [0.2, 0.25) is 0 Å². The molecule has 0 bridgehead atoms. The number of aromatic nitrogens is 2. The average Bonchev–Trinajstić information content (AvgIpc) is 2.94. The topological polar surface area (TPSA) is 87.5 Å². The summed E-state index contributed by atoms with van der Waals surface area (Å²) < 4.78 is 1.58. The van der Waals surface area contributed by atoms with Crippen LogP contribution in [-0.2, 0) is 22.1 Å². The number of rotatable bonds is 2. The van der Waals surface area contributed by atoms with Crippen molar-refractivity contribution in [1.29, 1.82) is 0 Å². The van der Waals surface area contributed by atoms with E-state index in [0.717, 1.165) is 5.69 Å². The van der Waals surface area contributed by atoms with E-state index in [4.69, 9.17) is 0 Å². The highest BCUT2D eigenvalue weighted by Crippen LogP contribution is 2.22. The molecule has 1 fully saturated rings. The molecule has 0 aromatic carbocycles. The lowest BCUT2D eigenvalue weighted by atomic mass is 9.92. The molecular formula is C17H27N5O3. The van der Waals surface area contributed by atoms with Gasteiger partial charge in [-0.05, 0) is 6.07 Å². The average molecular weight is 349 g/mol. The molecule has 0 saturated carbocycles. The van der Waals surface area contributed by atoms with Gasteiger partial charge in [0.1, 0.15) is 11.7 Å². The zero-order valence-electron chi connectivity index (χ0n) is 15.8. The molecular weight excluding hydrogens is 322 g/mol. The molecule has 25 heavy (non-hydrogen) atoms. The first kappa shape index (κ1) is 19.0. The second-order valence-electron chi connectivity index (χ2n) is 7.38. The summed E-state index contributed by atoms with van der Waals surface area (Å²) in [6, 6.07) is 1.13. The smallest absolute Gasteiger partial charge is 0.272 e. The van der Waals surface area contributed by atoms with Gasteiger partial charge >= 0.3 is 0 Å². The Bertz CT molecular complexity index is 689. The van der Waals surface area contributed by atoms with Crippen molar-refractivity contribution in [1.82, 2.24) is 24.9 Å². The first-order valence-corrected chi connectivity index (χ1v) is 8.39. The van der Waals surface area contributed by atoms with Crippen LogP contribution in [0.25, 0.3) is 0 Å². The summed E-state index contributed by atoms with van der Waals surface area (Å²) >= 11 is 0. The van der Waals surface area contributed by atoms with Crippen molar-refractivity contribution >= 4 is 17.7 Å². The molecule has 8 heteroatoms. The van der Waals surface area contributed by atoms with Gasteiger partial charge in [-0.25, -0.2) is 0 Å². The molecule has 2 heterocycles. The Kier molecular flexibility index (Phi) is 5.20. The Morgan fingerprint density at radius 1 is 1.24 bits per heavy atom. The molecule has 1 N–H and O–H groups in total. The normalized spacial score (nSPS) is 18.2. The van der Waals surface area contributed by atoms with Crippen LogP contribution >= 0.6 is 0 Å². The standard InChI is InChI=1S/C17H27N5O3/c1-11(23)22-8-7-21(10-13(22)15(24)18-5)16(25)12-9-14(17(2,3)4)19-20(12)6/h9,13H,7-8,10H2,1-6H3,(H,18,24). The fourth-order valence-corrected chi connectivity index (χ4v) is 2.93. The lowest BCUT2D eigenvalue weighted by Gasteiger charge is -2.39. The number of nitrogens with one attached hydrogen (secondary N) is 1. The largest absolute Gasteiger partial charge is 0.357 e. The van der Waals surface area contributed by atoms with E-state index in [2.05, 4.69) is 10.4 Å². The molecule has 2 rings (SSSR count). The van der Waals surface area contributed by atoms with Crippen molar-refractivity contribution in [2.75, 3.05) is 26.7 Å². The van der Waals surface area contributed by atoms with Crippen molar-refractivity contribution in [3.8, 4) is 0 Å². The SMILES string of the molecule is CNC(=O)C1CN(C(=O)c2cc(C(C)(C)C)nn2C)CCN1C(C)=O. The predicted octanol–water partition coefficient (Wildman–Crippen LogP) is 0.137. The van der Waals surface area contributed by atoms with Crippen molar-refractivity contribution in [2.45, 2.75) is 39.2 Å². The summed E-state index contributed by atoms with van der Waals surface area (Å²) in [5, 5.41) is 7.00. The molecule has 138 valence electrons. The number of likely N-dealkylation sites (N-methyl/N-ethyl adjacent to an activating group) is 1. The van der Waals surface area contributed by atoms with Crippen LogP contribution < -0.4 is 5.32 Å². The Labute approximate surface area is 148 Å². The fraction of sp³-hybridized carbons (Fsp3) is 0.647. The van der Waals surface area contributed by atoms with Crippen LogP contribution in [0.3, 0.4) is 0 Å². The van der Waals surface area contributed by atoms with Gasteiger partial charge in [0.2, 0.25) is 11.8 Å². The molecule has 0 aliphatic carbocycles. The number of carbonyl (C=O) groups excluding carboxylic acids is 3. The molecule has 1 atom stereocenters. The van der Waals surface area contributed by atoms with Crippen LogP contribution in [0, 0.1) is 0 Å². The molecule has 1 saturated heterocycles. The number of piperazine rings is 1. The monoisotopic (exact) mass is 349 g/mol. The number of hydrogen-bond acceptors (Lipinski definition) is 4. The van der Waals surface area contributed by atoms with E-state index in [1.165, 1.54) is 18.9 Å². The zero-order valence-corrected chi connectivity index (χ0v) is 15.8. The van der Waals surface area contributed by atoms with Crippen LogP contribution in [0.4, 0.5) is 0 Å². The van der Waals surface area contributed by atoms with Crippen molar-refractivity contribution in [2.24, 2.45) is 7.05 Å². The van der Waals surface area contributed by atoms with Gasteiger partial charge in [-0.15, -0.1) is 0 Å². The summed E-state index contributed by atoms with van der Waals surface area (Å²) in [5.41, 5.74) is 1.16. The lowest BCUT2D eigenvalue weighted by molar-refractivity contribution is -0.141. The highest BCUT2D eigenvalue weighted by molar-refractivity contribution is 5.94. The minimum atomic E-state index is -0.671. The Balaban J connectivity index is 2.24. The minimum Gasteiger partial charge on any atom is -0.357 e. The highest BCUT2D eigenvalue weighted by Gasteiger charge is 2.36. The van der Waals surface area contributed by atoms with E-state index < -0.39 is 6.04 Å². The molecule has 8 nitrogen and oxygen atoms in total. The highest BCUT2D eigenvalue weighted by atomic mass is 16.2. The number of aryl methyl sites for hydroxylation is 1. The molecule has 1 aliphatic heterocycles. The van der Waals surface area contributed by atoms with Crippen molar-refractivity contribution in [3.05, 3.63) is 17.5 Å². The summed E-state index contributed by atoms with van der Waals surface area (Å²) in [6.07, 6.45) is 0. The van der Waals surface area contributed by atoms with E-state index in [1.54, 1.807) is 22.7 Å². The molecule has 0 spiro atoms. The van der Waals surface area contributed by atoms with Gasteiger partial charge in [0.05, 0.1) is 12.2 Å². The number of carbonyl (C=O) groups is 3. The van der Waals surface area contributed by atoms with Gasteiger partial charge in [-0.3, -0.25) is 19.1 Å². The maximum atomic E-state index is 12.9. The van der Waals surface area contributed by atoms with Crippen LogP contribution in [0.15, 0.2) is 6.07 Å². The Morgan fingerprint density at radius 3 is 2.36 bits per heavy atom. The molecule has 1 aliphatic rings. The summed E-state index contributed by atoms with van der Waals surface area (Å²) in [5.74, 6) is -0.619. The maximum Gasteiger partial charge on any atom is 0.272 e. The van der Waals surface area contributed by atoms with Gasteiger partial charge in [0, 0.05) is 39.5 Å². The van der Waals surface area contributed by atoms with Gasteiger partial charge in [-0.2, -0.15) is 5.10 Å². The number of nitrogens with zero attached hydrogens (tertiary/aromatic N) is 4. The molecule has 0 radical (unpaired) electrons. The van der Waals surface area contributed by atoms with Gasteiger partial charge in [-0.1, -0.05) is 20.8 Å². The fourth-order valence-electron chi connectivity index (χ4n) is 2.93. The quantitative estimate of drug-likeness (QED) is 0.822. The van der Waals surface area contributed by atoms with Gasteiger partial charge in [0.25, 0.3) is 5.91 Å². The van der Waals surface area contributed by atoms with E-state index in [0.29, 0.717) is 18.8 Å². The second kappa shape index (κ2) is 6.85. The predicted molar refractivity (Wildman–Crippen MR) is 93.1 cm³/mol. The summed E-state index contributed by atoms with van der Waals surface area (Å²) in [4.78, 5) is 39.9.